The highest BCUT2D eigenvalue weighted by Gasteiger charge is 2.24. The molecule has 1 fully saturated rings. The van der Waals surface area contributed by atoms with Crippen LogP contribution in [0.2, 0.25) is 0 Å². The molecule has 0 aliphatic heterocycles. The van der Waals surface area contributed by atoms with E-state index in [0.717, 1.165) is 31.2 Å². The zero-order valence-corrected chi connectivity index (χ0v) is 12.8. The van der Waals surface area contributed by atoms with Crippen molar-refractivity contribution in [2.24, 2.45) is 5.92 Å². The average Bonchev–Trinajstić information content (AvgIpc) is 3.06. The number of hydrogen-bond acceptors (Lipinski definition) is 4. The van der Waals surface area contributed by atoms with Gasteiger partial charge < -0.3 is 9.84 Å². The maximum absolute atomic E-state index is 12.3. The minimum Gasteiger partial charge on any atom is -0.344 e. The minimum atomic E-state index is -0.264. The number of rotatable bonds is 4. The SMILES string of the molecule is C[C@@H](NC(=O)C1CCCCC1)c1nc(-c2ccccc2)no1. The van der Waals surface area contributed by atoms with E-state index in [4.69, 9.17) is 4.52 Å². The number of aromatic nitrogens is 2. The topological polar surface area (TPSA) is 68.0 Å². The van der Waals surface area contributed by atoms with E-state index in [9.17, 15) is 4.79 Å². The molecule has 1 heterocycles. The lowest BCUT2D eigenvalue weighted by Crippen LogP contribution is -2.33. The summed E-state index contributed by atoms with van der Waals surface area (Å²) in [4.78, 5) is 16.6. The van der Waals surface area contributed by atoms with Crippen LogP contribution in [0.5, 0.6) is 0 Å². The quantitative estimate of drug-likeness (QED) is 0.938. The first kappa shape index (κ1) is 14.8. The van der Waals surface area contributed by atoms with E-state index in [2.05, 4.69) is 15.5 Å². The summed E-state index contributed by atoms with van der Waals surface area (Å²) in [6.45, 7) is 1.88. The Labute approximate surface area is 130 Å². The summed E-state index contributed by atoms with van der Waals surface area (Å²) in [7, 11) is 0. The molecule has 116 valence electrons. The van der Waals surface area contributed by atoms with E-state index < -0.39 is 0 Å². The number of carbonyl (C=O) groups is 1. The van der Waals surface area contributed by atoms with Crippen molar-refractivity contribution >= 4 is 5.91 Å². The second-order valence-corrected chi connectivity index (χ2v) is 5.89. The van der Waals surface area contributed by atoms with Gasteiger partial charge in [-0.1, -0.05) is 54.8 Å². The van der Waals surface area contributed by atoms with Crippen molar-refractivity contribution in [2.75, 3.05) is 0 Å². The fourth-order valence-electron chi connectivity index (χ4n) is 2.87. The third kappa shape index (κ3) is 3.35. The van der Waals surface area contributed by atoms with Crippen LogP contribution in [0, 0.1) is 5.92 Å². The van der Waals surface area contributed by atoms with Crippen molar-refractivity contribution < 1.29 is 9.32 Å². The van der Waals surface area contributed by atoms with Gasteiger partial charge in [0.1, 0.15) is 6.04 Å². The van der Waals surface area contributed by atoms with Crippen LogP contribution in [-0.2, 0) is 4.79 Å². The monoisotopic (exact) mass is 299 g/mol. The van der Waals surface area contributed by atoms with E-state index in [-0.39, 0.29) is 17.9 Å². The van der Waals surface area contributed by atoms with E-state index in [1.54, 1.807) is 0 Å². The first-order chi connectivity index (χ1) is 10.7. The van der Waals surface area contributed by atoms with E-state index >= 15 is 0 Å². The van der Waals surface area contributed by atoms with Crippen molar-refractivity contribution in [1.82, 2.24) is 15.5 Å². The summed E-state index contributed by atoms with van der Waals surface area (Å²) in [6, 6.07) is 9.40. The zero-order valence-electron chi connectivity index (χ0n) is 12.8. The van der Waals surface area contributed by atoms with Crippen molar-refractivity contribution in [3.63, 3.8) is 0 Å². The average molecular weight is 299 g/mol. The van der Waals surface area contributed by atoms with Gasteiger partial charge >= 0.3 is 0 Å². The van der Waals surface area contributed by atoms with Gasteiger partial charge in [-0.15, -0.1) is 0 Å². The van der Waals surface area contributed by atoms with Crippen molar-refractivity contribution in [3.05, 3.63) is 36.2 Å². The standard InChI is InChI=1S/C17H21N3O2/c1-12(18-16(21)14-10-6-3-7-11-14)17-19-15(20-22-17)13-8-4-2-5-9-13/h2,4-5,8-9,12,14H,3,6-7,10-11H2,1H3,(H,18,21)/t12-/m1/s1. The number of carbonyl (C=O) groups excluding carboxylic acids is 1. The number of amides is 1. The van der Waals surface area contributed by atoms with Crippen LogP contribution < -0.4 is 5.32 Å². The van der Waals surface area contributed by atoms with Crippen LogP contribution in [0.1, 0.15) is 51.0 Å². The zero-order chi connectivity index (χ0) is 15.4. The highest BCUT2D eigenvalue weighted by atomic mass is 16.5. The first-order valence-corrected chi connectivity index (χ1v) is 7.93. The summed E-state index contributed by atoms with van der Waals surface area (Å²) in [5.74, 6) is 1.23. The lowest BCUT2D eigenvalue weighted by Gasteiger charge is -2.22. The van der Waals surface area contributed by atoms with Crippen molar-refractivity contribution in [1.29, 1.82) is 0 Å². The van der Waals surface area contributed by atoms with Gasteiger partial charge in [0.15, 0.2) is 0 Å². The Morgan fingerprint density at radius 3 is 2.68 bits per heavy atom. The molecule has 1 saturated carbocycles. The van der Waals surface area contributed by atoms with Gasteiger partial charge in [0, 0.05) is 11.5 Å². The molecule has 1 atom stereocenters. The van der Waals surface area contributed by atoms with Gasteiger partial charge in [-0.25, -0.2) is 0 Å². The molecule has 1 N–H and O–H groups in total. The second kappa shape index (κ2) is 6.73. The summed E-state index contributed by atoms with van der Waals surface area (Å²) >= 11 is 0. The third-order valence-electron chi connectivity index (χ3n) is 4.18. The Hall–Kier alpha value is -2.17. The predicted octanol–water partition coefficient (Wildman–Crippen LogP) is 3.49. The molecule has 2 aromatic rings. The summed E-state index contributed by atoms with van der Waals surface area (Å²) in [6.07, 6.45) is 5.50. The maximum Gasteiger partial charge on any atom is 0.249 e. The Morgan fingerprint density at radius 1 is 1.23 bits per heavy atom. The molecule has 1 amide bonds. The molecule has 0 unspecified atom stereocenters. The van der Waals surface area contributed by atoms with Gasteiger partial charge in [0.25, 0.3) is 0 Å². The molecule has 1 aromatic heterocycles. The van der Waals surface area contributed by atoms with Crippen molar-refractivity contribution in [2.45, 2.75) is 45.1 Å². The van der Waals surface area contributed by atoms with E-state index in [1.807, 2.05) is 37.3 Å². The number of nitrogens with one attached hydrogen (secondary N) is 1. The van der Waals surface area contributed by atoms with Crippen LogP contribution in [0.25, 0.3) is 11.4 Å². The fraction of sp³-hybridized carbons (Fsp3) is 0.471. The predicted molar refractivity (Wildman–Crippen MR) is 82.9 cm³/mol. The molecule has 0 saturated heterocycles. The maximum atomic E-state index is 12.3. The first-order valence-electron chi connectivity index (χ1n) is 7.93. The van der Waals surface area contributed by atoms with E-state index in [0.29, 0.717) is 11.7 Å². The number of hydrogen-bond donors (Lipinski definition) is 1. The highest BCUT2D eigenvalue weighted by Crippen LogP contribution is 2.25. The Kier molecular flexibility index (Phi) is 4.51. The summed E-state index contributed by atoms with van der Waals surface area (Å²) in [5, 5.41) is 6.99. The highest BCUT2D eigenvalue weighted by molar-refractivity contribution is 5.79. The largest absolute Gasteiger partial charge is 0.344 e. The van der Waals surface area contributed by atoms with Crippen LogP contribution in [0.3, 0.4) is 0 Å². The molecular weight excluding hydrogens is 278 g/mol. The molecule has 3 rings (SSSR count). The van der Waals surface area contributed by atoms with Crippen LogP contribution in [0.15, 0.2) is 34.9 Å². The van der Waals surface area contributed by atoms with Gasteiger partial charge in [-0.05, 0) is 19.8 Å². The molecule has 1 aromatic carbocycles. The number of nitrogens with zero attached hydrogens (tertiary/aromatic N) is 2. The molecule has 0 spiro atoms. The Bertz CT molecular complexity index is 618. The molecule has 22 heavy (non-hydrogen) atoms. The van der Waals surface area contributed by atoms with Crippen LogP contribution in [0.4, 0.5) is 0 Å². The van der Waals surface area contributed by atoms with Crippen LogP contribution >= 0.6 is 0 Å². The fourth-order valence-corrected chi connectivity index (χ4v) is 2.87. The van der Waals surface area contributed by atoms with Gasteiger partial charge in [-0.3, -0.25) is 4.79 Å². The normalized spacial score (nSPS) is 17.1. The van der Waals surface area contributed by atoms with Gasteiger partial charge in [-0.2, -0.15) is 4.98 Å². The molecule has 5 nitrogen and oxygen atoms in total. The Morgan fingerprint density at radius 2 is 1.95 bits per heavy atom. The lowest BCUT2D eigenvalue weighted by molar-refractivity contribution is -0.126. The van der Waals surface area contributed by atoms with Gasteiger partial charge in [0.2, 0.25) is 17.6 Å². The lowest BCUT2D eigenvalue weighted by atomic mass is 9.88. The molecule has 1 aliphatic carbocycles. The van der Waals surface area contributed by atoms with Gasteiger partial charge in [0.05, 0.1) is 0 Å². The van der Waals surface area contributed by atoms with Crippen LogP contribution in [-0.4, -0.2) is 16.0 Å². The smallest absolute Gasteiger partial charge is 0.249 e. The third-order valence-corrected chi connectivity index (χ3v) is 4.18. The molecular formula is C17H21N3O2. The second-order valence-electron chi connectivity index (χ2n) is 5.89. The molecule has 0 bridgehead atoms. The molecule has 1 aliphatic rings. The summed E-state index contributed by atoms with van der Waals surface area (Å²) in [5.41, 5.74) is 0.906. The summed E-state index contributed by atoms with van der Waals surface area (Å²) < 4.78 is 5.29. The minimum absolute atomic E-state index is 0.103. The Balaban J connectivity index is 1.64. The molecule has 0 radical (unpaired) electrons. The van der Waals surface area contributed by atoms with E-state index in [1.165, 1.54) is 6.42 Å². The molecule has 5 heteroatoms. The van der Waals surface area contributed by atoms with Crippen molar-refractivity contribution in [3.8, 4) is 11.4 Å². The number of benzene rings is 1.